The lowest BCUT2D eigenvalue weighted by atomic mass is 10.1. The summed E-state index contributed by atoms with van der Waals surface area (Å²) in [5.41, 5.74) is 4.55. The molecule has 1 aromatic carbocycles. The molecule has 0 amide bonds. The second-order valence-corrected chi connectivity index (χ2v) is 4.95. The average molecular weight is 272 g/mol. The summed E-state index contributed by atoms with van der Waals surface area (Å²) in [7, 11) is 0. The Bertz CT molecular complexity index is 638. The molecule has 0 bridgehead atoms. The molecule has 6 nitrogen and oxygen atoms in total. The Hall–Kier alpha value is -2.21. The van der Waals surface area contributed by atoms with Gasteiger partial charge in [0.25, 0.3) is 0 Å². The van der Waals surface area contributed by atoms with Crippen molar-refractivity contribution >= 4 is 22.3 Å². The van der Waals surface area contributed by atoms with Crippen LogP contribution in [-0.2, 0) is 0 Å². The van der Waals surface area contributed by atoms with Crippen molar-refractivity contribution in [1.29, 1.82) is 0 Å². The van der Waals surface area contributed by atoms with Gasteiger partial charge in [0.15, 0.2) is 0 Å². The number of hydrogen-bond donors (Lipinski definition) is 1. The molecule has 1 aliphatic heterocycles. The van der Waals surface area contributed by atoms with Gasteiger partial charge >= 0.3 is 5.69 Å². The number of rotatable bonds is 3. The molecule has 2 aromatic rings. The fourth-order valence-corrected chi connectivity index (χ4v) is 2.55. The van der Waals surface area contributed by atoms with Gasteiger partial charge in [-0.3, -0.25) is 10.1 Å². The Labute approximate surface area is 116 Å². The lowest BCUT2D eigenvalue weighted by molar-refractivity contribution is -0.384. The van der Waals surface area contributed by atoms with Crippen LogP contribution >= 0.6 is 0 Å². The maximum atomic E-state index is 11.2. The van der Waals surface area contributed by atoms with Crippen LogP contribution < -0.4 is 5.43 Å². The molecule has 0 unspecified atom stereocenters. The summed E-state index contributed by atoms with van der Waals surface area (Å²) in [6.45, 7) is 1.82. The van der Waals surface area contributed by atoms with Crippen LogP contribution in [0.4, 0.5) is 11.4 Å². The predicted octanol–water partition coefficient (Wildman–Crippen LogP) is 2.96. The van der Waals surface area contributed by atoms with Gasteiger partial charge in [0.05, 0.1) is 10.4 Å². The minimum atomic E-state index is -0.383. The lowest BCUT2D eigenvalue weighted by Crippen LogP contribution is -2.35. The SMILES string of the molecule is O=[N+]([O-])c1cnc2ccccc2c1NN1CCCCC1. The molecule has 3 rings (SSSR count). The van der Waals surface area contributed by atoms with Gasteiger partial charge in [-0.05, 0) is 18.9 Å². The molecule has 1 saturated heterocycles. The number of para-hydroxylation sites is 1. The number of hydrazine groups is 1. The Kier molecular flexibility index (Phi) is 3.47. The van der Waals surface area contributed by atoms with Crippen molar-refractivity contribution in [3.63, 3.8) is 0 Å². The molecule has 20 heavy (non-hydrogen) atoms. The number of pyridine rings is 1. The second kappa shape index (κ2) is 5.42. The highest BCUT2D eigenvalue weighted by Crippen LogP contribution is 2.32. The summed E-state index contributed by atoms with van der Waals surface area (Å²) in [6, 6.07) is 7.48. The number of nitrogens with zero attached hydrogens (tertiary/aromatic N) is 3. The smallest absolute Gasteiger partial charge is 0.312 e. The van der Waals surface area contributed by atoms with Crippen LogP contribution in [0.5, 0.6) is 0 Å². The summed E-state index contributed by atoms with van der Waals surface area (Å²) in [4.78, 5) is 15.0. The molecule has 2 heterocycles. The van der Waals surface area contributed by atoms with Gasteiger partial charge in [-0.1, -0.05) is 24.6 Å². The van der Waals surface area contributed by atoms with Crippen LogP contribution in [0.3, 0.4) is 0 Å². The molecule has 0 atom stereocenters. The Morgan fingerprint density at radius 2 is 1.95 bits per heavy atom. The quantitative estimate of drug-likeness (QED) is 0.687. The molecule has 0 spiro atoms. The fraction of sp³-hybridized carbons (Fsp3) is 0.357. The van der Waals surface area contributed by atoms with Gasteiger partial charge in [0.1, 0.15) is 11.9 Å². The molecule has 0 radical (unpaired) electrons. The van der Waals surface area contributed by atoms with E-state index in [1.54, 1.807) is 0 Å². The maximum absolute atomic E-state index is 11.2. The topological polar surface area (TPSA) is 71.3 Å². The number of fused-ring (bicyclic) bond motifs is 1. The summed E-state index contributed by atoms with van der Waals surface area (Å²) < 4.78 is 0. The molecule has 104 valence electrons. The number of benzene rings is 1. The highest BCUT2D eigenvalue weighted by atomic mass is 16.6. The number of nitro groups is 1. The number of hydrogen-bond acceptors (Lipinski definition) is 5. The van der Waals surface area contributed by atoms with E-state index in [1.165, 1.54) is 12.6 Å². The Morgan fingerprint density at radius 3 is 2.70 bits per heavy atom. The van der Waals surface area contributed by atoms with E-state index in [0.717, 1.165) is 36.8 Å². The molecular formula is C14H16N4O2. The highest BCUT2D eigenvalue weighted by molar-refractivity contribution is 5.95. The van der Waals surface area contributed by atoms with E-state index in [1.807, 2.05) is 24.3 Å². The lowest BCUT2D eigenvalue weighted by Gasteiger charge is -2.28. The molecule has 6 heteroatoms. The van der Waals surface area contributed by atoms with Crippen LogP contribution in [0.2, 0.25) is 0 Å². The van der Waals surface area contributed by atoms with Crippen LogP contribution in [0.1, 0.15) is 19.3 Å². The van der Waals surface area contributed by atoms with Gasteiger partial charge in [-0.15, -0.1) is 0 Å². The van der Waals surface area contributed by atoms with Crippen molar-refractivity contribution in [2.75, 3.05) is 18.5 Å². The third-order valence-corrected chi connectivity index (χ3v) is 3.58. The fourth-order valence-electron chi connectivity index (χ4n) is 2.55. The van der Waals surface area contributed by atoms with E-state index in [9.17, 15) is 10.1 Å². The third kappa shape index (κ3) is 2.42. The van der Waals surface area contributed by atoms with Gasteiger partial charge in [0.2, 0.25) is 0 Å². The molecule has 1 N–H and O–H groups in total. The van der Waals surface area contributed by atoms with Crippen LogP contribution in [0, 0.1) is 10.1 Å². The van der Waals surface area contributed by atoms with Gasteiger partial charge in [-0.25, -0.2) is 9.99 Å². The molecule has 0 aliphatic carbocycles. The molecular weight excluding hydrogens is 256 g/mol. The number of nitrogens with one attached hydrogen (secondary N) is 1. The first-order valence-electron chi connectivity index (χ1n) is 6.79. The zero-order valence-corrected chi connectivity index (χ0v) is 11.1. The first kappa shape index (κ1) is 12.8. The van der Waals surface area contributed by atoms with E-state index < -0.39 is 0 Å². The van der Waals surface area contributed by atoms with E-state index in [0.29, 0.717) is 5.69 Å². The van der Waals surface area contributed by atoms with Gasteiger partial charge < -0.3 is 5.43 Å². The van der Waals surface area contributed by atoms with E-state index in [2.05, 4.69) is 15.4 Å². The summed E-state index contributed by atoms with van der Waals surface area (Å²) >= 11 is 0. The first-order valence-corrected chi connectivity index (χ1v) is 6.79. The molecule has 1 aliphatic rings. The summed E-state index contributed by atoms with van der Waals surface area (Å²) in [5.74, 6) is 0. The zero-order chi connectivity index (χ0) is 13.9. The minimum absolute atomic E-state index is 0.0225. The van der Waals surface area contributed by atoms with Crippen molar-refractivity contribution < 1.29 is 4.92 Å². The van der Waals surface area contributed by atoms with Crippen molar-refractivity contribution in [2.45, 2.75) is 19.3 Å². The summed E-state index contributed by atoms with van der Waals surface area (Å²) in [5, 5.41) is 14.1. The summed E-state index contributed by atoms with van der Waals surface area (Å²) in [6.07, 6.45) is 4.78. The molecule has 1 fully saturated rings. The van der Waals surface area contributed by atoms with Crippen LogP contribution in [0.15, 0.2) is 30.5 Å². The van der Waals surface area contributed by atoms with Gasteiger partial charge in [-0.2, -0.15) is 0 Å². The van der Waals surface area contributed by atoms with E-state index >= 15 is 0 Å². The number of anilines is 1. The van der Waals surface area contributed by atoms with Crippen molar-refractivity contribution in [3.05, 3.63) is 40.6 Å². The van der Waals surface area contributed by atoms with Crippen molar-refractivity contribution in [2.24, 2.45) is 0 Å². The molecule has 0 saturated carbocycles. The van der Waals surface area contributed by atoms with Crippen LogP contribution in [-0.4, -0.2) is 28.0 Å². The number of piperidine rings is 1. The monoisotopic (exact) mass is 272 g/mol. The zero-order valence-electron chi connectivity index (χ0n) is 11.1. The second-order valence-electron chi connectivity index (χ2n) is 4.95. The predicted molar refractivity (Wildman–Crippen MR) is 77.4 cm³/mol. The Morgan fingerprint density at radius 1 is 1.20 bits per heavy atom. The van der Waals surface area contributed by atoms with E-state index in [4.69, 9.17) is 0 Å². The highest BCUT2D eigenvalue weighted by Gasteiger charge is 2.20. The normalized spacial score (nSPS) is 16.2. The van der Waals surface area contributed by atoms with Crippen molar-refractivity contribution in [3.8, 4) is 0 Å². The van der Waals surface area contributed by atoms with Crippen molar-refractivity contribution in [1.82, 2.24) is 9.99 Å². The third-order valence-electron chi connectivity index (χ3n) is 3.58. The van der Waals surface area contributed by atoms with Crippen LogP contribution in [0.25, 0.3) is 10.9 Å². The maximum Gasteiger partial charge on any atom is 0.312 e. The van der Waals surface area contributed by atoms with E-state index in [-0.39, 0.29) is 10.6 Å². The minimum Gasteiger partial charge on any atom is -0.312 e. The molecule has 1 aromatic heterocycles. The Balaban J connectivity index is 2.04. The number of aromatic nitrogens is 1. The first-order chi connectivity index (χ1) is 9.75. The van der Waals surface area contributed by atoms with Gasteiger partial charge in [0, 0.05) is 18.5 Å². The standard InChI is InChI=1S/C14H16N4O2/c19-18(20)13-10-15-12-7-3-2-6-11(12)14(13)16-17-8-4-1-5-9-17/h2-3,6-7,10H,1,4-5,8-9H2,(H,15,16). The largest absolute Gasteiger partial charge is 0.312 e. The average Bonchev–Trinajstić information content (AvgIpc) is 2.48.